The van der Waals surface area contributed by atoms with E-state index in [1.165, 1.54) is 15.3 Å². The molecule has 0 saturated carbocycles. The smallest absolute Gasteiger partial charge is 0.246 e. The number of β-amino-alcohol motifs (C(OH)–C–C–N with tert-alkyl or cyclic N) is 1. The molecule has 2 unspecified atom stereocenters. The molecular formula is C45H54N8O4S2. The van der Waals surface area contributed by atoms with E-state index in [0.717, 1.165) is 60.7 Å². The molecule has 3 amide bonds. The van der Waals surface area contributed by atoms with Gasteiger partial charge in [-0.25, -0.2) is 4.98 Å². The van der Waals surface area contributed by atoms with E-state index in [1.807, 2.05) is 78.2 Å². The number of thiazole rings is 1. The van der Waals surface area contributed by atoms with Crippen molar-refractivity contribution in [2.75, 3.05) is 6.54 Å². The van der Waals surface area contributed by atoms with Gasteiger partial charge in [-0.05, 0) is 82.1 Å². The van der Waals surface area contributed by atoms with Gasteiger partial charge in [0.1, 0.15) is 29.0 Å². The van der Waals surface area contributed by atoms with Crippen LogP contribution in [0.5, 0.6) is 0 Å². The third kappa shape index (κ3) is 8.66. The van der Waals surface area contributed by atoms with Crippen LogP contribution >= 0.6 is 22.7 Å². The monoisotopic (exact) mass is 834 g/mol. The first-order valence-corrected chi connectivity index (χ1v) is 22.0. The number of hydrogen-bond acceptors (Lipinski definition) is 10. The Kier molecular flexibility index (Phi) is 12.1. The van der Waals surface area contributed by atoms with E-state index in [1.54, 1.807) is 22.7 Å². The number of nitrogens with one attached hydrogen (secondary N) is 2. The van der Waals surface area contributed by atoms with Crippen LogP contribution < -0.4 is 10.6 Å². The van der Waals surface area contributed by atoms with Gasteiger partial charge < -0.3 is 20.6 Å². The van der Waals surface area contributed by atoms with Crippen LogP contribution in [0.1, 0.15) is 116 Å². The van der Waals surface area contributed by atoms with Crippen LogP contribution in [0.3, 0.4) is 0 Å². The number of aliphatic hydroxyl groups is 1. The molecule has 0 radical (unpaired) electrons. The van der Waals surface area contributed by atoms with Crippen LogP contribution in [0, 0.1) is 33.1 Å². The number of thiophene rings is 1. The highest BCUT2D eigenvalue weighted by Gasteiger charge is 2.44. The SMILES string of the molecule is Cc1ncsc1-c1ccc(C(C)NC(=O)[C@@H]2C[C@@H](O)CN2C(=O)C(NC(=O)CCCc2ccc(C3=N[C@@H](C)c4nnc(C)n4-c4sc(C)c(C)c43)cc2)C(C)(C)C)cc1. The summed E-state index contributed by atoms with van der Waals surface area (Å²) >= 11 is 3.32. The van der Waals surface area contributed by atoms with E-state index in [-0.39, 0.29) is 49.2 Å². The van der Waals surface area contributed by atoms with Gasteiger partial charge >= 0.3 is 0 Å². The quantitative estimate of drug-likeness (QED) is 0.126. The summed E-state index contributed by atoms with van der Waals surface area (Å²) in [5, 5.41) is 26.6. The summed E-state index contributed by atoms with van der Waals surface area (Å²) in [5.41, 5.74) is 9.52. The number of aliphatic imine (C=N–C) groups is 1. The summed E-state index contributed by atoms with van der Waals surface area (Å²) in [7, 11) is 0. The van der Waals surface area contributed by atoms with Gasteiger partial charge in [0, 0.05) is 35.4 Å². The summed E-state index contributed by atoms with van der Waals surface area (Å²) in [6.45, 7) is 17.9. The summed E-state index contributed by atoms with van der Waals surface area (Å²) in [6, 6.07) is 14.2. The molecule has 2 aliphatic heterocycles. The Morgan fingerprint density at radius 3 is 2.32 bits per heavy atom. The molecule has 310 valence electrons. The maximum absolute atomic E-state index is 14.2. The lowest BCUT2D eigenvalue weighted by molar-refractivity contribution is -0.144. The van der Waals surface area contributed by atoms with Crippen molar-refractivity contribution in [1.82, 2.24) is 35.3 Å². The Labute approximate surface area is 354 Å². The van der Waals surface area contributed by atoms with E-state index < -0.39 is 23.6 Å². The van der Waals surface area contributed by atoms with Gasteiger partial charge in [0.25, 0.3) is 0 Å². The predicted octanol–water partition coefficient (Wildman–Crippen LogP) is 7.29. The molecule has 3 aromatic heterocycles. The van der Waals surface area contributed by atoms with E-state index in [4.69, 9.17) is 4.99 Å². The number of carbonyl (C=O) groups excluding carboxylic acids is 3. The second-order valence-corrected chi connectivity index (χ2v) is 19.0. The molecule has 0 bridgehead atoms. The Morgan fingerprint density at radius 1 is 0.966 bits per heavy atom. The fourth-order valence-corrected chi connectivity index (χ4v) is 10.0. The highest BCUT2D eigenvalue weighted by molar-refractivity contribution is 7.15. The topological polar surface area (TPSA) is 155 Å². The van der Waals surface area contributed by atoms with Crippen molar-refractivity contribution in [2.45, 2.75) is 118 Å². The third-order valence-corrected chi connectivity index (χ3v) is 13.7. The summed E-state index contributed by atoms with van der Waals surface area (Å²) in [4.78, 5) is 54.6. The van der Waals surface area contributed by atoms with E-state index in [9.17, 15) is 19.5 Å². The minimum absolute atomic E-state index is 0.0196. The minimum Gasteiger partial charge on any atom is -0.391 e. The van der Waals surface area contributed by atoms with Gasteiger partial charge in [0.2, 0.25) is 17.7 Å². The van der Waals surface area contributed by atoms with Crippen LogP contribution in [-0.4, -0.2) is 77.9 Å². The lowest BCUT2D eigenvalue weighted by Gasteiger charge is -2.35. The molecule has 0 aliphatic carbocycles. The number of rotatable bonds is 11. The molecule has 59 heavy (non-hydrogen) atoms. The van der Waals surface area contributed by atoms with Gasteiger partial charge in [-0.2, -0.15) is 0 Å². The zero-order valence-electron chi connectivity index (χ0n) is 35.3. The van der Waals surface area contributed by atoms with Crippen LogP contribution in [0.2, 0.25) is 0 Å². The maximum atomic E-state index is 14.2. The Morgan fingerprint density at radius 2 is 1.66 bits per heavy atom. The Hall–Kier alpha value is -5.05. The van der Waals surface area contributed by atoms with Crippen molar-refractivity contribution in [1.29, 1.82) is 0 Å². The van der Waals surface area contributed by atoms with Crippen molar-refractivity contribution in [3.8, 4) is 15.4 Å². The molecule has 2 aliphatic rings. The summed E-state index contributed by atoms with van der Waals surface area (Å²) in [5.74, 6) is 0.730. The van der Waals surface area contributed by atoms with Gasteiger partial charge in [-0.1, -0.05) is 69.3 Å². The minimum atomic E-state index is -0.885. The van der Waals surface area contributed by atoms with Crippen molar-refractivity contribution in [2.24, 2.45) is 10.4 Å². The summed E-state index contributed by atoms with van der Waals surface area (Å²) < 4.78 is 2.13. The molecule has 2 aromatic carbocycles. The van der Waals surface area contributed by atoms with Crippen LogP contribution in [-0.2, 0) is 20.8 Å². The van der Waals surface area contributed by atoms with E-state index >= 15 is 0 Å². The van der Waals surface area contributed by atoms with Crippen molar-refractivity contribution < 1.29 is 19.5 Å². The van der Waals surface area contributed by atoms with Crippen molar-refractivity contribution in [3.05, 3.63) is 104 Å². The van der Waals surface area contributed by atoms with Gasteiger partial charge in [-0.3, -0.25) is 23.9 Å². The highest BCUT2D eigenvalue weighted by Crippen LogP contribution is 2.39. The second-order valence-electron chi connectivity index (χ2n) is 17.0. The number of amides is 3. The average molecular weight is 835 g/mol. The molecular weight excluding hydrogens is 781 g/mol. The largest absolute Gasteiger partial charge is 0.391 e. The van der Waals surface area contributed by atoms with Crippen LogP contribution in [0.25, 0.3) is 15.4 Å². The zero-order chi connectivity index (χ0) is 42.3. The van der Waals surface area contributed by atoms with E-state index in [2.05, 4.69) is 68.5 Å². The first-order valence-electron chi connectivity index (χ1n) is 20.3. The van der Waals surface area contributed by atoms with Gasteiger partial charge in [0.05, 0.1) is 33.9 Å². The van der Waals surface area contributed by atoms with Crippen LogP contribution in [0.4, 0.5) is 0 Å². The fraction of sp³-hybridized carbons (Fsp3) is 0.444. The van der Waals surface area contributed by atoms with Crippen molar-refractivity contribution in [3.63, 3.8) is 0 Å². The number of benzene rings is 2. The molecule has 3 N–H and O–H groups in total. The Bertz CT molecular complexity index is 2390. The fourth-order valence-electron chi connectivity index (χ4n) is 8.01. The van der Waals surface area contributed by atoms with Gasteiger partial charge in [-0.15, -0.1) is 32.9 Å². The standard InChI is InChI=1S/C45H54N8O4S2/c1-24-28(5)59-44-37(24)38(47-27(4)41-51-50-29(6)53(41)44)32-15-13-30(14-16-32)11-10-12-36(55)49-40(45(7,8)9)43(57)52-22-34(54)21-35(52)42(56)48-25(2)31-17-19-33(20-18-31)39-26(3)46-23-58-39/h13-20,23,25,27,34-35,40,54H,10-12,21-22H2,1-9H3,(H,48,56)(H,49,55)/t25?,27-,34+,35-,40?/m0/s1. The third-order valence-electron chi connectivity index (χ3n) is 11.5. The normalized spacial score (nSPS) is 18.7. The molecule has 1 saturated heterocycles. The Balaban J connectivity index is 0.964. The number of aryl methyl sites for hydroxylation is 4. The second kappa shape index (κ2) is 16.9. The number of carbonyl (C=O) groups is 3. The molecule has 7 rings (SSSR count). The molecule has 12 nitrogen and oxygen atoms in total. The first kappa shape index (κ1) is 42.1. The summed E-state index contributed by atoms with van der Waals surface area (Å²) in [6.07, 6.45) is 0.773. The lowest BCUT2D eigenvalue weighted by Crippen LogP contribution is -2.57. The number of likely N-dealkylation sites (tertiary alicyclic amines) is 1. The number of aliphatic hydroxyl groups excluding tert-OH is 1. The van der Waals surface area contributed by atoms with Gasteiger partial charge in [0.15, 0.2) is 5.82 Å². The lowest BCUT2D eigenvalue weighted by atomic mass is 9.85. The molecule has 0 spiro atoms. The first-order chi connectivity index (χ1) is 28.0. The van der Waals surface area contributed by atoms with Crippen molar-refractivity contribution >= 4 is 46.1 Å². The number of aromatic nitrogens is 4. The average Bonchev–Trinajstić information content (AvgIpc) is 3.96. The number of nitrogens with zero attached hydrogens (tertiary/aromatic N) is 6. The highest BCUT2D eigenvalue weighted by atomic mass is 32.1. The zero-order valence-corrected chi connectivity index (χ0v) is 36.9. The number of fused-ring (bicyclic) bond motifs is 3. The predicted molar refractivity (Wildman–Crippen MR) is 233 cm³/mol. The molecule has 14 heteroatoms. The maximum Gasteiger partial charge on any atom is 0.246 e. The van der Waals surface area contributed by atoms with E-state index in [0.29, 0.717) is 12.8 Å². The molecule has 5 aromatic rings. The molecule has 5 atom stereocenters. The molecule has 1 fully saturated rings. The number of hydrogen-bond donors (Lipinski definition) is 3. The molecule has 5 heterocycles. The van der Waals surface area contributed by atoms with Crippen LogP contribution in [0.15, 0.2) is 59.0 Å².